The number of anilines is 2. The van der Waals surface area contributed by atoms with Gasteiger partial charge in [-0.25, -0.2) is 19.3 Å². The second-order valence-corrected chi connectivity index (χ2v) is 6.77. The number of amides is 1. The predicted octanol–water partition coefficient (Wildman–Crippen LogP) is 3.74. The standard InChI is InChI=1S/C20H20FN5O2/c1-13(27)26-8-3-4-14(12-26)19-24-17(20-22-7-9-28-20)11-18(25-19)23-16-6-2-5-15(21)10-16/h2,5-7,9-11,14H,3-4,8,12H2,1H3,(H,23,24,25). The second-order valence-electron chi connectivity index (χ2n) is 6.77. The highest BCUT2D eigenvalue weighted by atomic mass is 19.1. The van der Waals surface area contributed by atoms with Gasteiger partial charge in [-0.2, -0.15) is 0 Å². The van der Waals surface area contributed by atoms with Crippen LogP contribution in [0.25, 0.3) is 11.6 Å². The Kier molecular flexibility index (Phi) is 5.01. The zero-order chi connectivity index (χ0) is 19.5. The van der Waals surface area contributed by atoms with Crippen LogP contribution in [-0.4, -0.2) is 38.8 Å². The number of benzene rings is 1. The van der Waals surface area contributed by atoms with Gasteiger partial charge in [-0.15, -0.1) is 0 Å². The molecule has 0 spiro atoms. The molecule has 1 saturated heterocycles. The number of aromatic nitrogens is 3. The third kappa shape index (κ3) is 4.00. The van der Waals surface area contributed by atoms with Crippen LogP contribution in [0.3, 0.4) is 0 Å². The van der Waals surface area contributed by atoms with Crippen molar-refractivity contribution in [3.63, 3.8) is 0 Å². The molecule has 3 aromatic rings. The summed E-state index contributed by atoms with van der Waals surface area (Å²) in [6, 6.07) is 7.87. The van der Waals surface area contributed by atoms with Crippen LogP contribution < -0.4 is 5.32 Å². The van der Waals surface area contributed by atoms with Gasteiger partial charge in [0.05, 0.1) is 6.20 Å². The number of nitrogens with one attached hydrogen (secondary N) is 1. The van der Waals surface area contributed by atoms with Crippen molar-refractivity contribution >= 4 is 17.4 Å². The van der Waals surface area contributed by atoms with E-state index in [1.165, 1.54) is 18.4 Å². The van der Waals surface area contributed by atoms with E-state index in [9.17, 15) is 9.18 Å². The number of likely N-dealkylation sites (tertiary alicyclic amines) is 1. The molecule has 4 rings (SSSR count). The maximum atomic E-state index is 13.5. The van der Waals surface area contributed by atoms with Gasteiger partial charge in [0.25, 0.3) is 0 Å². The zero-order valence-electron chi connectivity index (χ0n) is 15.4. The number of hydrogen-bond donors (Lipinski definition) is 1. The molecule has 1 aliphatic heterocycles. The third-order valence-electron chi connectivity index (χ3n) is 4.72. The van der Waals surface area contributed by atoms with Crippen molar-refractivity contribution < 1.29 is 13.6 Å². The van der Waals surface area contributed by atoms with Crippen molar-refractivity contribution in [1.82, 2.24) is 19.9 Å². The Labute approximate surface area is 161 Å². The van der Waals surface area contributed by atoms with E-state index in [0.29, 0.717) is 35.5 Å². The lowest BCUT2D eigenvalue weighted by Crippen LogP contribution is -2.38. The number of piperidine rings is 1. The van der Waals surface area contributed by atoms with Gasteiger partial charge in [-0.05, 0) is 31.0 Å². The number of nitrogens with zero attached hydrogens (tertiary/aromatic N) is 4. The first kappa shape index (κ1) is 18.1. The van der Waals surface area contributed by atoms with Gasteiger partial charge >= 0.3 is 0 Å². The Morgan fingerprint density at radius 2 is 2.21 bits per heavy atom. The SMILES string of the molecule is CC(=O)N1CCCC(c2nc(Nc3cccc(F)c3)cc(-c3ncco3)n2)C1. The van der Waals surface area contributed by atoms with Gasteiger partial charge in [0, 0.05) is 37.7 Å². The smallest absolute Gasteiger partial charge is 0.245 e. The van der Waals surface area contributed by atoms with Gasteiger partial charge in [0.2, 0.25) is 11.8 Å². The highest BCUT2D eigenvalue weighted by Gasteiger charge is 2.26. The molecule has 0 radical (unpaired) electrons. The van der Waals surface area contributed by atoms with E-state index in [1.807, 2.05) is 4.90 Å². The predicted molar refractivity (Wildman–Crippen MR) is 101 cm³/mol. The molecule has 0 bridgehead atoms. The molecular formula is C20H20FN5O2. The van der Waals surface area contributed by atoms with Crippen molar-refractivity contribution in [3.8, 4) is 11.6 Å². The summed E-state index contributed by atoms with van der Waals surface area (Å²) in [4.78, 5) is 27.0. The molecule has 1 aliphatic rings. The van der Waals surface area contributed by atoms with Crippen LogP contribution in [0.4, 0.5) is 15.9 Å². The molecule has 28 heavy (non-hydrogen) atoms. The van der Waals surface area contributed by atoms with E-state index in [2.05, 4.69) is 20.3 Å². The molecule has 1 atom stereocenters. The summed E-state index contributed by atoms with van der Waals surface area (Å²) in [7, 11) is 0. The maximum Gasteiger partial charge on any atom is 0.245 e. The fourth-order valence-corrected chi connectivity index (χ4v) is 3.36. The van der Waals surface area contributed by atoms with E-state index in [-0.39, 0.29) is 17.6 Å². The Balaban J connectivity index is 1.69. The molecular weight excluding hydrogens is 361 g/mol. The summed E-state index contributed by atoms with van der Waals surface area (Å²) in [5, 5.41) is 3.12. The van der Waals surface area contributed by atoms with E-state index < -0.39 is 0 Å². The minimum Gasteiger partial charge on any atom is -0.443 e. The van der Waals surface area contributed by atoms with Crippen LogP contribution in [0.15, 0.2) is 47.2 Å². The summed E-state index contributed by atoms with van der Waals surface area (Å²) >= 11 is 0. The second kappa shape index (κ2) is 7.75. The minimum atomic E-state index is -0.336. The summed E-state index contributed by atoms with van der Waals surface area (Å²) in [5.41, 5.74) is 1.12. The first-order valence-electron chi connectivity index (χ1n) is 9.15. The van der Waals surface area contributed by atoms with Crippen LogP contribution in [0.1, 0.15) is 31.5 Å². The van der Waals surface area contributed by atoms with Gasteiger partial charge in [0.15, 0.2) is 0 Å². The number of rotatable bonds is 4. The first-order valence-corrected chi connectivity index (χ1v) is 9.15. The number of carbonyl (C=O) groups excluding carboxylic acids is 1. The fraction of sp³-hybridized carbons (Fsp3) is 0.300. The maximum absolute atomic E-state index is 13.5. The monoisotopic (exact) mass is 381 g/mol. The lowest BCUT2D eigenvalue weighted by Gasteiger charge is -2.31. The molecule has 8 heteroatoms. The summed E-state index contributed by atoms with van der Waals surface area (Å²) < 4.78 is 18.9. The molecule has 144 valence electrons. The van der Waals surface area contributed by atoms with Crippen LogP contribution in [-0.2, 0) is 4.79 Å². The fourth-order valence-electron chi connectivity index (χ4n) is 3.36. The lowest BCUT2D eigenvalue weighted by molar-refractivity contribution is -0.130. The lowest BCUT2D eigenvalue weighted by atomic mass is 9.97. The topological polar surface area (TPSA) is 84.2 Å². The van der Waals surface area contributed by atoms with Gasteiger partial charge in [-0.3, -0.25) is 4.79 Å². The molecule has 1 aromatic carbocycles. The molecule has 0 aliphatic carbocycles. The van der Waals surface area contributed by atoms with Crippen LogP contribution in [0, 0.1) is 5.82 Å². The van der Waals surface area contributed by atoms with E-state index in [1.54, 1.807) is 31.3 Å². The van der Waals surface area contributed by atoms with Crippen LogP contribution in [0.2, 0.25) is 0 Å². The molecule has 1 fully saturated rings. The van der Waals surface area contributed by atoms with Crippen LogP contribution >= 0.6 is 0 Å². The highest BCUT2D eigenvalue weighted by Crippen LogP contribution is 2.29. The van der Waals surface area contributed by atoms with E-state index >= 15 is 0 Å². The molecule has 1 N–H and O–H groups in total. The Morgan fingerprint density at radius 1 is 1.32 bits per heavy atom. The van der Waals surface area contributed by atoms with Crippen LogP contribution in [0.5, 0.6) is 0 Å². The molecule has 1 amide bonds. The van der Waals surface area contributed by atoms with Gasteiger partial charge < -0.3 is 14.6 Å². The normalized spacial score (nSPS) is 16.8. The summed E-state index contributed by atoms with van der Waals surface area (Å²) in [5.74, 6) is 1.23. The van der Waals surface area contributed by atoms with Crippen molar-refractivity contribution in [3.05, 3.63) is 54.4 Å². The van der Waals surface area contributed by atoms with Gasteiger partial charge in [-0.1, -0.05) is 6.07 Å². The molecule has 2 aromatic heterocycles. The van der Waals surface area contributed by atoms with Crippen molar-refractivity contribution in [2.24, 2.45) is 0 Å². The quantitative estimate of drug-likeness (QED) is 0.741. The Morgan fingerprint density at radius 3 is 2.96 bits per heavy atom. The zero-order valence-corrected chi connectivity index (χ0v) is 15.4. The minimum absolute atomic E-state index is 0.0145. The summed E-state index contributed by atoms with van der Waals surface area (Å²) in [6.45, 7) is 2.90. The van der Waals surface area contributed by atoms with Gasteiger partial charge in [0.1, 0.15) is 29.4 Å². The van der Waals surface area contributed by atoms with Crippen molar-refractivity contribution in [2.75, 3.05) is 18.4 Å². The average Bonchev–Trinajstić information content (AvgIpc) is 3.23. The molecule has 0 saturated carbocycles. The van der Waals surface area contributed by atoms with E-state index in [0.717, 1.165) is 19.4 Å². The Bertz CT molecular complexity index is 976. The average molecular weight is 381 g/mol. The molecule has 1 unspecified atom stereocenters. The highest BCUT2D eigenvalue weighted by molar-refractivity contribution is 5.73. The largest absolute Gasteiger partial charge is 0.443 e. The number of hydrogen-bond acceptors (Lipinski definition) is 6. The molecule has 7 nitrogen and oxygen atoms in total. The summed E-state index contributed by atoms with van der Waals surface area (Å²) in [6.07, 6.45) is 4.81. The number of halogens is 1. The third-order valence-corrected chi connectivity index (χ3v) is 4.72. The number of oxazole rings is 1. The van der Waals surface area contributed by atoms with E-state index in [4.69, 9.17) is 4.42 Å². The Hall–Kier alpha value is -3.29. The van der Waals surface area contributed by atoms with Crippen molar-refractivity contribution in [1.29, 1.82) is 0 Å². The number of carbonyl (C=O) groups is 1. The van der Waals surface area contributed by atoms with Crippen molar-refractivity contribution in [2.45, 2.75) is 25.7 Å². The first-order chi connectivity index (χ1) is 13.6. The molecule has 3 heterocycles.